The number of nitrogens with one attached hydrogen (secondary N) is 1. The third-order valence-electron chi connectivity index (χ3n) is 5.78. The van der Waals surface area contributed by atoms with Gasteiger partial charge in [-0.05, 0) is 43.4 Å². The Morgan fingerprint density at radius 1 is 1.06 bits per heavy atom. The Hall–Kier alpha value is -0.570. The number of likely N-dealkylation sites (tertiary alicyclic amines) is 1. The number of hydrogen-bond acceptors (Lipinski definition) is 2. The second-order valence-electron chi connectivity index (χ2n) is 6.59. The van der Waals surface area contributed by atoms with E-state index < -0.39 is 0 Å². The third-order valence-corrected chi connectivity index (χ3v) is 5.78. The van der Waals surface area contributed by atoms with Crippen LogP contribution in [0.25, 0.3) is 0 Å². The summed E-state index contributed by atoms with van der Waals surface area (Å²) in [4.78, 5) is 14.9. The number of fused-ring (bicyclic) bond motifs is 3. The van der Waals surface area contributed by atoms with E-state index in [0.717, 1.165) is 37.4 Å². The van der Waals surface area contributed by atoms with E-state index in [2.05, 4.69) is 10.2 Å². The lowest BCUT2D eigenvalue weighted by atomic mass is 9.87. The van der Waals surface area contributed by atoms with Crippen LogP contribution in [-0.4, -0.2) is 36.5 Å². The van der Waals surface area contributed by atoms with Crippen LogP contribution in [-0.2, 0) is 4.79 Å². The van der Waals surface area contributed by atoms with E-state index in [1.54, 1.807) is 0 Å². The standard InChI is InChI=1S/C14H22N2O/c17-14(12-6-9-1-2-10(12)5-9)16-4-3-11-7-15-8-13(11)16/h9-13,15H,1-8H2/t9?,10?,11-,12?,13+/m0/s1. The molecule has 4 fully saturated rings. The van der Waals surface area contributed by atoms with Crippen molar-refractivity contribution in [3.63, 3.8) is 0 Å². The molecular weight excluding hydrogens is 212 g/mol. The van der Waals surface area contributed by atoms with Gasteiger partial charge in [-0.3, -0.25) is 4.79 Å². The first-order valence-electron chi connectivity index (χ1n) is 7.34. The molecule has 0 aromatic carbocycles. The zero-order valence-corrected chi connectivity index (χ0v) is 10.4. The summed E-state index contributed by atoms with van der Waals surface area (Å²) in [6.07, 6.45) is 6.48. The maximum absolute atomic E-state index is 12.7. The molecule has 0 spiro atoms. The molecule has 3 unspecified atom stereocenters. The molecule has 2 bridgehead atoms. The Labute approximate surface area is 103 Å². The van der Waals surface area contributed by atoms with Crippen LogP contribution >= 0.6 is 0 Å². The van der Waals surface area contributed by atoms with Gasteiger partial charge >= 0.3 is 0 Å². The second kappa shape index (κ2) is 3.71. The van der Waals surface area contributed by atoms with Gasteiger partial charge in [0.2, 0.25) is 5.91 Å². The number of amides is 1. The summed E-state index contributed by atoms with van der Waals surface area (Å²) in [7, 11) is 0. The Balaban J connectivity index is 1.50. The molecule has 2 aliphatic heterocycles. The maximum atomic E-state index is 12.7. The zero-order chi connectivity index (χ0) is 11.4. The van der Waals surface area contributed by atoms with Crippen molar-refractivity contribution in [2.75, 3.05) is 19.6 Å². The molecule has 1 amide bonds. The molecule has 0 radical (unpaired) electrons. The van der Waals surface area contributed by atoms with Crippen molar-refractivity contribution >= 4 is 5.91 Å². The molecule has 2 saturated heterocycles. The van der Waals surface area contributed by atoms with Gasteiger partial charge in [-0.25, -0.2) is 0 Å². The normalized spacial score (nSPS) is 47.8. The highest BCUT2D eigenvalue weighted by Gasteiger charge is 2.48. The molecular formula is C14H22N2O. The molecule has 0 aromatic rings. The van der Waals surface area contributed by atoms with Crippen LogP contribution in [0, 0.1) is 23.7 Å². The van der Waals surface area contributed by atoms with Crippen molar-refractivity contribution in [3.05, 3.63) is 0 Å². The predicted octanol–water partition coefficient (Wildman–Crippen LogP) is 1.24. The van der Waals surface area contributed by atoms with Crippen molar-refractivity contribution in [2.45, 2.75) is 38.1 Å². The second-order valence-corrected chi connectivity index (χ2v) is 6.59. The molecule has 2 saturated carbocycles. The van der Waals surface area contributed by atoms with E-state index >= 15 is 0 Å². The summed E-state index contributed by atoms with van der Waals surface area (Å²) in [5.41, 5.74) is 0. The van der Waals surface area contributed by atoms with Gasteiger partial charge in [0.1, 0.15) is 0 Å². The Morgan fingerprint density at radius 3 is 2.76 bits per heavy atom. The Morgan fingerprint density at radius 2 is 2.00 bits per heavy atom. The lowest BCUT2D eigenvalue weighted by Gasteiger charge is -2.30. The van der Waals surface area contributed by atoms with Gasteiger partial charge in [0, 0.05) is 31.6 Å². The first kappa shape index (κ1) is 10.4. The van der Waals surface area contributed by atoms with Gasteiger partial charge in [-0.1, -0.05) is 6.42 Å². The summed E-state index contributed by atoms with van der Waals surface area (Å²) in [6, 6.07) is 0.529. The maximum Gasteiger partial charge on any atom is 0.226 e. The Bertz CT molecular complexity index is 343. The quantitative estimate of drug-likeness (QED) is 0.740. The fourth-order valence-electron chi connectivity index (χ4n) is 4.88. The van der Waals surface area contributed by atoms with E-state index in [1.807, 2.05) is 0 Å². The van der Waals surface area contributed by atoms with Gasteiger partial charge < -0.3 is 10.2 Å². The summed E-state index contributed by atoms with van der Waals surface area (Å²) in [5, 5.41) is 3.44. The monoisotopic (exact) mass is 234 g/mol. The van der Waals surface area contributed by atoms with Gasteiger partial charge in [-0.15, -0.1) is 0 Å². The van der Waals surface area contributed by atoms with E-state index in [1.165, 1.54) is 32.1 Å². The van der Waals surface area contributed by atoms with Gasteiger partial charge in [0.15, 0.2) is 0 Å². The number of carbonyl (C=O) groups excluding carboxylic acids is 1. The van der Waals surface area contributed by atoms with Gasteiger partial charge in [-0.2, -0.15) is 0 Å². The minimum absolute atomic E-state index is 0.396. The fraction of sp³-hybridized carbons (Fsp3) is 0.929. The average molecular weight is 234 g/mol. The van der Waals surface area contributed by atoms with E-state index in [-0.39, 0.29) is 0 Å². The van der Waals surface area contributed by atoms with Crippen LogP contribution in [0.15, 0.2) is 0 Å². The van der Waals surface area contributed by atoms with Crippen molar-refractivity contribution in [1.82, 2.24) is 10.2 Å². The molecule has 1 N–H and O–H groups in total. The highest BCUT2D eigenvalue weighted by Crippen LogP contribution is 2.49. The highest BCUT2D eigenvalue weighted by molar-refractivity contribution is 5.80. The van der Waals surface area contributed by atoms with E-state index in [4.69, 9.17) is 0 Å². The number of rotatable bonds is 1. The minimum atomic E-state index is 0.396. The van der Waals surface area contributed by atoms with Crippen molar-refractivity contribution in [3.8, 4) is 0 Å². The molecule has 0 aromatic heterocycles. The number of hydrogen-bond donors (Lipinski definition) is 1. The largest absolute Gasteiger partial charge is 0.338 e. The highest BCUT2D eigenvalue weighted by atomic mass is 16.2. The van der Waals surface area contributed by atoms with Crippen LogP contribution in [0.5, 0.6) is 0 Å². The fourth-order valence-corrected chi connectivity index (χ4v) is 4.88. The molecule has 94 valence electrons. The first-order chi connectivity index (χ1) is 8.33. The number of carbonyl (C=O) groups is 1. The molecule has 2 aliphatic carbocycles. The summed E-state index contributed by atoms with van der Waals surface area (Å²) < 4.78 is 0. The molecule has 4 aliphatic rings. The van der Waals surface area contributed by atoms with Crippen molar-refractivity contribution < 1.29 is 4.79 Å². The molecule has 4 rings (SSSR count). The average Bonchev–Trinajstić information content (AvgIpc) is 3.07. The molecule has 17 heavy (non-hydrogen) atoms. The van der Waals surface area contributed by atoms with Gasteiger partial charge in [0.05, 0.1) is 0 Å². The number of nitrogens with zero attached hydrogens (tertiary/aromatic N) is 1. The first-order valence-corrected chi connectivity index (χ1v) is 7.34. The predicted molar refractivity (Wildman–Crippen MR) is 65.4 cm³/mol. The third kappa shape index (κ3) is 1.48. The summed E-state index contributed by atoms with van der Waals surface area (Å²) >= 11 is 0. The van der Waals surface area contributed by atoms with Gasteiger partial charge in [0.25, 0.3) is 0 Å². The van der Waals surface area contributed by atoms with Crippen LogP contribution in [0.2, 0.25) is 0 Å². The molecule has 3 heteroatoms. The molecule has 3 nitrogen and oxygen atoms in total. The smallest absolute Gasteiger partial charge is 0.226 e. The van der Waals surface area contributed by atoms with Crippen LogP contribution in [0.1, 0.15) is 32.1 Å². The van der Waals surface area contributed by atoms with Crippen molar-refractivity contribution in [1.29, 1.82) is 0 Å². The molecule has 5 atom stereocenters. The lowest BCUT2D eigenvalue weighted by molar-refractivity contribution is -0.138. The zero-order valence-electron chi connectivity index (χ0n) is 10.4. The Kier molecular flexibility index (Phi) is 2.26. The lowest BCUT2D eigenvalue weighted by Crippen LogP contribution is -2.43. The van der Waals surface area contributed by atoms with Crippen LogP contribution in [0.3, 0.4) is 0 Å². The topological polar surface area (TPSA) is 32.3 Å². The minimum Gasteiger partial charge on any atom is -0.338 e. The van der Waals surface area contributed by atoms with E-state index in [0.29, 0.717) is 17.9 Å². The van der Waals surface area contributed by atoms with E-state index in [9.17, 15) is 4.79 Å². The SMILES string of the molecule is O=C(C1CC2CCC1C2)N1CC[C@H]2CNC[C@H]21. The summed E-state index contributed by atoms with van der Waals surface area (Å²) in [5.74, 6) is 3.27. The van der Waals surface area contributed by atoms with Crippen LogP contribution < -0.4 is 5.32 Å². The van der Waals surface area contributed by atoms with Crippen molar-refractivity contribution in [2.24, 2.45) is 23.7 Å². The summed E-state index contributed by atoms with van der Waals surface area (Å²) in [6.45, 7) is 3.20. The molecule has 2 heterocycles. The van der Waals surface area contributed by atoms with Crippen LogP contribution in [0.4, 0.5) is 0 Å².